The Morgan fingerprint density at radius 1 is 1.16 bits per heavy atom. The third-order valence-corrected chi connectivity index (χ3v) is 5.89. The fraction of sp³-hybridized carbons (Fsp3) is 0.292. The molecule has 3 rings (SSSR count). The first-order chi connectivity index (χ1) is 15.1. The number of ether oxygens (including phenoxy) is 1. The van der Waals surface area contributed by atoms with Crippen LogP contribution in [0.15, 0.2) is 66.3 Å². The van der Waals surface area contributed by atoms with Gasteiger partial charge >= 0.3 is 0 Å². The van der Waals surface area contributed by atoms with E-state index >= 15 is 0 Å². The van der Waals surface area contributed by atoms with Gasteiger partial charge in [-0.15, -0.1) is 16.8 Å². The minimum atomic E-state index is -0.0257. The summed E-state index contributed by atoms with van der Waals surface area (Å²) in [6.45, 7) is 9.38. The van der Waals surface area contributed by atoms with Crippen molar-refractivity contribution < 1.29 is 9.53 Å². The van der Waals surface area contributed by atoms with Gasteiger partial charge in [-0.3, -0.25) is 9.36 Å². The first-order valence-corrected chi connectivity index (χ1v) is 11.2. The number of rotatable bonds is 11. The number of thioether (sulfide) groups is 1. The summed E-state index contributed by atoms with van der Waals surface area (Å²) in [5, 5.41) is 12.2. The van der Waals surface area contributed by atoms with Crippen LogP contribution >= 0.6 is 11.8 Å². The smallest absolute Gasteiger partial charge is 0.230 e. The van der Waals surface area contributed by atoms with Gasteiger partial charge in [-0.25, -0.2) is 0 Å². The van der Waals surface area contributed by atoms with Crippen molar-refractivity contribution in [2.75, 3.05) is 12.3 Å². The number of nitrogens with zero attached hydrogens (tertiary/aromatic N) is 3. The lowest BCUT2D eigenvalue weighted by Crippen LogP contribution is -2.27. The maximum atomic E-state index is 12.2. The van der Waals surface area contributed by atoms with E-state index in [1.54, 1.807) is 6.08 Å². The second-order valence-corrected chi connectivity index (χ2v) is 8.10. The zero-order chi connectivity index (χ0) is 22.1. The second-order valence-electron chi connectivity index (χ2n) is 7.16. The summed E-state index contributed by atoms with van der Waals surface area (Å²) in [6.07, 6.45) is 2.60. The van der Waals surface area contributed by atoms with Crippen molar-refractivity contribution in [3.05, 3.63) is 83.7 Å². The largest absolute Gasteiger partial charge is 0.485 e. The van der Waals surface area contributed by atoms with Crippen molar-refractivity contribution >= 4 is 17.7 Å². The Bertz CT molecular complexity index is 1020. The molecule has 0 aliphatic heterocycles. The molecule has 0 bridgehead atoms. The quantitative estimate of drug-likeness (QED) is 0.362. The molecule has 0 saturated heterocycles. The lowest BCUT2D eigenvalue weighted by molar-refractivity contribution is -0.118. The van der Waals surface area contributed by atoms with Crippen molar-refractivity contribution in [2.24, 2.45) is 0 Å². The van der Waals surface area contributed by atoms with Crippen molar-refractivity contribution in [1.29, 1.82) is 0 Å². The second kappa shape index (κ2) is 11.4. The molecule has 0 fully saturated rings. The molecule has 0 spiro atoms. The highest BCUT2D eigenvalue weighted by atomic mass is 32.2. The first-order valence-electron chi connectivity index (χ1n) is 10.2. The van der Waals surface area contributed by atoms with Crippen LogP contribution in [-0.2, 0) is 24.4 Å². The van der Waals surface area contributed by atoms with Crippen LogP contribution in [0.3, 0.4) is 0 Å². The van der Waals surface area contributed by atoms with Crippen LogP contribution in [0, 0.1) is 13.8 Å². The highest BCUT2D eigenvalue weighted by molar-refractivity contribution is 7.99. The van der Waals surface area contributed by atoms with Crippen LogP contribution in [0.5, 0.6) is 5.75 Å². The average molecular weight is 437 g/mol. The van der Waals surface area contributed by atoms with Gasteiger partial charge in [0.1, 0.15) is 12.4 Å². The number of benzene rings is 2. The Hall–Kier alpha value is -3.06. The van der Waals surface area contributed by atoms with Crippen LogP contribution < -0.4 is 10.1 Å². The van der Waals surface area contributed by atoms with Crippen molar-refractivity contribution in [3.63, 3.8) is 0 Å². The van der Waals surface area contributed by atoms with E-state index in [-0.39, 0.29) is 11.7 Å². The van der Waals surface area contributed by atoms with Crippen LogP contribution in [0.2, 0.25) is 0 Å². The molecule has 1 amide bonds. The van der Waals surface area contributed by atoms with E-state index in [1.807, 2.05) is 41.8 Å². The maximum absolute atomic E-state index is 12.2. The molecule has 2 aromatic carbocycles. The Balaban J connectivity index is 1.53. The van der Waals surface area contributed by atoms with Crippen LogP contribution in [-0.4, -0.2) is 33.0 Å². The Morgan fingerprint density at radius 3 is 2.74 bits per heavy atom. The van der Waals surface area contributed by atoms with Gasteiger partial charge in [0, 0.05) is 13.1 Å². The Labute approximate surface area is 187 Å². The van der Waals surface area contributed by atoms with Crippen molar-refractivity contribution in [3.8, 4) is 5.75 Å². The summed E-state index contributed by atoms with van der Waals surface area (Å²) in [7, 11) is 0. The van der Waals surface area contributed by atoms with E-state index < -0.39 is 0 Å². The van der Waals surface area contributed by atoms with Crippen LogP contribution in [0.4, 0.5) is 0 Å². The molecule has 0 aliphatic rings. The summed E-state index contributed by atoms with van der Waals surface area (Å²) in [5.74, 6) is 1.79. The Morgan fingerprint density at radius 2 is 1.97 bits per heavy atom. The lowest BCUT2D eigenvalue weighted by Gasteiger charge is -2.12. The summed E-state index contributed by atoms with van der Waals surface area (Å²) < 4.78 is 7.91. The van der Waals surface area contributed by atoms with Gasteiger partial charge in [0.05, 0.1) is 5.75 Å². The number of allylic oxidation sites excluding steroid dienone is 1. The molecule has 1 heterocycles. The van der Waals surface area contributed by atoms with Gasteiger partial charge in [-0.1, -0.05) is 60.3 Å². The van der Waals surface area contributed by atoms with Gasteiger partial charge in [-0.05, 0) is 43.0 Å². The monoisotopic (exact) mass is 436 g/mol. The van der Waals surface area contributed by atoms with E-state index in [1.165, 1.54) is 22.9 Å². The zero-order valence-corrected chi connectivity index (χ0v) is 18.8. The molecule has 31 heavy (non-hydrogen) atoms. The van der Waals surface area contributed by atoms with Gasteiger partial charge in [0.25, 0.3) is 0 Å². The standard InChI is InChI=1S/C24H28N4O2S/c1-4-15-28-22(16-30-21-12-8-9-18(2)19(21)3)26-27-24(28)31-17-23(29)25-14-13-20-10-6-5-7-11-20/h4-12H,1,13-17H2,2-3H3,(H,25,29). The van der Waals surface area contributed by atoms with E-state index in [0.29, 0.717) is 30.7 Å². The van der Waals surface area contributed by atoms with Crippen LogP contribution in [0.1, 0.15) is 22.5 Å². The molecule has 1 aromatic heterocycles. The third-order valence-electron chi connectivity index (χ3n) is 4.93. The first kappa shape index (κ1) is 22.6. The molecule has 0 atom stereocenters. The molecule has 162 valence electrons. The molecule has 0 unspecified atom stereocenters. The molecule has 0 saturated carbocycles. The topological polar surface area (TPSA) is 69.0 Å². The third kappa shape index (κ3) is 6.46. The molecule has 3 aromatic rings. The number of aromatic nitrogens is 3. The number of carbonyl (C=O) groups is 1. The molecule has 0 aliphatic carbocycles. The van der Waals surface area contributed by atoms with E-state index in [4.69, 9.17) is 4.74 Å². The van der Waals surface area contributed by atoms with Crippen LogP contribution in [0.25, 0.3) is 0 Å². The van der Waals surface area contributed by atoms with E-state index in [9.17, 15) is 4.79 Å². The molecule has 1 N–H and O–H groups in total. The molecule has 7 heteroatoms. The summed E-state index contributed by atoms with van der Waals surface area (Å²) in [4.78, 5) is 12.2. The minimum absolute atomic E-state index is 0.0257. The number of amides is 1. The predicted molar refractivity (Wildman–Crippen MR) is 124 cm³/mol. The lowest BCUT2D eigenvalue weighted by atomic mass is 10.1. The maximum Gasteiger partial charge on any atom is 0.230 e. The fourth-order valence-electron chi connectivity index (χ4n) is 3.04. The fourth-order valence-corrected chi connectivity index (χ4v) is 3.84. The number of nitrogens with one attached hydrogen (secondary N) is 1. The van der Waals surface area contributed by atoms with E-state index in [2.05, 4.69) is 47.2 Å². The molecular formula is C24H28N4O2S. The van der Waals surface area contributed by atoms with E-state index in [0.717, 1.165) is 17.7 Å². The average Bonchev–Trinajstić information content (AvgIpc) is 3.16. The van der Waals surface area contributed by atoms with Gasteiger partial charge in [-0.2, -0.15) is 0 Å². The molecule has 6 nitrogen and oxygen atoms in total. The van der Waals surface area contributed by atoms with Gasteiger partial charge in [0.15, 0.2) is 11.0 Å². The summed E-state index contributed by atoms with van der Waals surface area (Å²) in [5.41, 5.74) is 3.49. The highest BCUT2D eigenvalue weighted by Gasteiger charge is 2.14. The number of aryl methyl sites for hydroxylation is 1. The normalized spacial score (nSPS) is 10.6. The summed E-state index contributed by atoms with van der Waals surface area (Å²) >= 11 is 1.36. The molecular weight excluding hydrogens is 408 g/mol. The zero-order valence-electron chi connectivity index (χ0n) is 18.0. The minimum Gasteiger partial charge on any atom is -0.485 e. The number of carbonyl (C=O) groups excluding carboxylic acids is 1. The highest BCUT2D eigenvalue weighted by Crippen LogP contribution is 2.23. The van der Waals surface area contributed by atoms with Gasteiger partial charge < -0.3 is 10.1 Å². The summed E-state index contributed by atoms with van der Waals surface area (Å²) in [6, 6.07) is 16.1. The molecule has 0 radical (unpaired) electrons. The number of hydrogen-bond donors (Lipinski definition) is 1. The SMILES string of the molecule is C=CCn1c(COc2cccc(C)c2C)nnc1SCC(=O)NCCc1ccccc1. The predicted octanol–water partition coefficient (Wildman–Crippen LogP) is 4.11. The van der Waals surface area contributed by atoms with Gasteiger partial charge in [0.2, 0.25) is 5.91 Å². The Kier molecular flexibility index (Phi) is 8.29. The van der Waals surface area contributed by atoms with Crippen molar-refractivity contribution in [1.82, 2.24) is 20.1 Å². The number of hydrogen-bond acceptors (Lipinski definition) is 5. The van der Waals surface area contributed by atoms with Crippen molar-refractivity contribution in [2.45, 2.75) is 38.6 Å².